The first-order valence-electron chi connectivity index (χ1n) is 7.51. The number of nitrogen functional groups attached to an aromatic ring is 2. The van der Waals surface area contributed by atoms with Gasteiger partial charge < -0.3 is 21.7 Å². The third kappa shape index (κ3) is 4.04. The van der Waals surface area contributed by atoms with E-state index in [9.17, 15) is 19.8 Å². The van der Waals surface area contributed by atoms with Gasteiger partial charge in [-0.3, -0.25) is 0 Å². The molecule has 6 nitrogen and oxygen atoms in total. The first-order chi connectivity index (χ1) is 11.3. The van der Waals surface area contributed by atoms with Crippen molar-refractivity contribution < 1.29 is 19.8 Å². The Morgan fingerprint density at radius 2 is 1.25 bits per heavy atom. The average Bonchev–Trinajstić information content (AvgIpc) is 2.46. The molecule has 6 heteroatoms. The summed E-state index contributed by atoms with van der Waals surface area (Å²) in [6.45, 7) is 1.93. The third-order valence-electron chi connectivity index (χ3n) is 3.86. The lowest BCUT2D eigenvalue weighted by atomic mass is 9.89. The summed E-state index contributed by atoms with van der Waals surface area (Å²) in [7, 11) is 0. The molecule has 0 aromatic heterocycles. The average molecular weight is 328 g/mol. The van der Waals surface area contributed by atoms with E-state index in [0.29, 0.717) is 35.3 Å². The van der Waals surface area contributed by atoms with Gasteiger partial charge in [-0.1, -0.05) is 6.92 Å². The molecule has 24 heavy (non-hydrogen) atoms. The first kappa shape index (κ1) is 17.3. The minimum atomic E-state index is -1.01. The van der Waals surface area contributed by atoms with Crippen molar-refractivity contribution in [2.24, 2.45) is 5.92 Å². The van der Waals surface area contributed by atoms with Crippen LogP contribution in [0.15, 0.2) is 36.4 Å². The van der Waals surface area contributed by atoms with Gasteiger partial charge in [0, 0.05) is 11.4 Å². The molecule has 0 radical (unpaired) electrons. The molecule has 2 rings (SSSR count). The van der Waals surface area contributed by atoms with Gasteiger partial charge in [0.05, 0.1) is 11.1 Å². The van der Waals surface area contributed by atoms with Gasteiger partial charge in [0.15, 0.2) is 0 Å². The van der Waals surface area contributed by atoms with E-state index in [2.05, 4.69) is 0 Å². The number of nitrogens with two attached hydrogens (primary N) is 2. The molecule has 0 saturated heterocycles. The van der Waals surface area contributed by atoms with Crippen LogP contribution in [0.2, 0.25) is 0 Å². The van der Waals surface area contributed by atoms with Gasteiger partial charge in [-0.25, -0.2) is 9.59 Å². The first-order valence-corrected chi connectivity index (χ1v) is 7.51. The fourth-order valence-electron chi connectivity index (χ4n) is 2.81. The predicted molar refractivity (Wildman–Crippen MR) is 92.2 cm³/mol. The van der Waals surface area contributed by atoms with Crippen LogP contribution < -0.4 is 11.5 Å². The summed E-state index contributed by atoms with van der Waals surface area (Å²) in [5.41, 5.74) is 14.2. The lowest BCUT2D eigenvalue weighted by molar-refractivity contribution is 0.0685. The zero-order valence-corrected chi connectivity index (χ0v) is 13.3. The Kier molecular flexibility index (Phi) is 5.08. The Morgan fingerprint density at radius 3 is 1.58 bits per heavy atom. The van der Waals surface area contributed by atoms with Crippen molar-refractivity contribution in [3.05, 3.63) is 58.7 Å². The Labute approximate surface area is 139 Å². The number of anilines is 2. The van der Waals surface area contributed by atoms with Crippen molar-refractivity contribution in [1.29, 1.82) is 0 Å². The molecule has 0 aliphatic rings. The molecule has 0 heterocycles. The van der Waals surface area contributed by atoms with E-state index < -0.39 is 11.9 Å². The van der Waals surface area contributed by atoms with Gasteiger partial charge in [0.2, 0.25) is 0 Å². The second-order valence-corrected chi connectivity index (χ2v) is 5.96. The van der Waals surface area contributed by atoms with E-state index >= 15 is 0 Å². The van der Waals surface area contributed by atoms with Crippen molar-refractivity contribution in [2.45, 2.75) is 19.8 Å². The molecule has 0 unspecified atom stereocenters. The van der Waals surface area contributed by atoms with Gasteiger partial charge in [-0.2, -0.15) is 0 Å². The molecule has 0 bridgehead atoms. The van der Waals surface area contributed by atoms with Crippen LogP contribution in [0.4, 0.5) is 11.4 Å². The monoisotopic (exact) mass is 328 g/mol. The summed E-state index contributed by atoms with van der Waals surface area (Å²) in [6.07, 6.45) is 0.945. The van der Waals surface area contributed by atoms with Crippen LogP contribution in [0.5, 0.6) is 0 Å². The smallest absolute Gasteiger partial charge is 0.335 e. The van der Waals surface area contributed by atoms with Crippen molar-refractivity contribution in [2.75, 3.05) is 11.5 Å². The van der Waals surface area contributed by atoms with Crippen LogP contribution in [-0.4, -0.2) is 22.2 Å². The maximum absolute atomic E-state index is 11.3. The lowest BCUT2D eigenvalue weighted by Crippen LogP contribution is -2.12. The highest BCUT2D eigenvalue weighted by atomic mass is 16.4. The molecule has 0 amide bonds. The number of carboxylic acid groups (broad SMARTS) is 2. The van der Waals surface area contributed by atoms with E-state index in [1.165, 1.54) is 12.1 Å². The van der Waals surface area contributed by atoms with Crippen LogP contribution >= 0.6 is 0 Å². The summed E-state index contributed by atoms with van der Waals surface area (Å²) in [5, 5.41) is 18.6. The SMILES string of the molecule is CC(Cc1cc(N)ccc1C(=O)O)Cc1cc(N)ccc1C(=O)O. The Morgan fingerprint density at radius 1 is 0.875 bits per heavy atom. The molecule has 0 fully saturated rings. The Balaban J connectivity index is 2.25. The standard InChI is InChI=1S/C18H20N2O4/c1-10(6-11-8-13(19)2-4-15(11)17(21)22)7-12-9-14(20)3-5-16(12)18(23)24/h2-5,8-10H,6-7,19-20H2,1H3,(H,21,22)(H,23,24). The molecule has 0 atom stereocenters. The number of hydrogen-bond donors (Lipinski definition) is 4. The van der Waals surface area contributed by atoms with Gasteiger partial charge in [-0.05, 0) is 66.3 Å². The van der Waals surface area contributed by atoms with E-state index in [0.717, 1.165) is 0 Å². The van der Waals surface area contributed by atoms with Crippen LogP contribution in [0.1, 0.15) is 38.8 Å². The minimum Gasteiger partial charge on any atom is -0.478 e. The molecule has 0 aliphatic carbocycles. The van der Waals surface area contributed by atoms with Crippen LogP contribution in [0.25, 0.3) is 0 Å². The Bertz CT molecular complexity index is 721. The second kappa shape index (κ2) is 7.04. The molecule has 0 spiro atoms. The van der Waals surface area contributed by atoms with Crippen LogP contribution in [-0.2, 0) is 12.8 Å². The van der Waals surface area contributed by atoms with Crippen LogP contribution in [0.3, 0.4) is 0 Å². The van der Waals surface area contributed by atoms with Gasteiger partial charge in [-0.15, -0.1) is 0 Å². The van der Waals surface area contributed by atoms with Crippen molar-refractivity contribution in [3.8, 4) is 0 Å². The molecule has 126 valence electrons. The molecule has 6 N–H and O–H groups in total. The zero-order chi connectivity index (χ0) is 17.9. The van der Waals surface area contributed by atoms with Crippen molar-refractivity contribution >= 4 is 23.3 Å². The molecule has 0 aliphatic heterocycles. The van der Waals surface area contributed by atoms with E-state index in [1.807, 2.05) is 6.92 Å². The highest BCUT2D eigenvalue weighted by Gasteiger charge is 2.17. The molecule has 0 saturated carbocycles. The number of carbonyl (C=O) groups is 2. The van der Waals surface area contributed by atoms with E-state index in [1.54, 1.807) is 24.3 Å². The topological polar surface area (TPSA) is 127 Å². The number of hydrogen-bond acceptors (Lipinski definition) is 4. The quantitative estimate of drug-likeness (QED) is 0.604. The summed E-state index contributed by atoms with van der Waals surface area (Å²) in [4.78, 5) is 22.7. The van der Waals surface area contributed by atoms with Gasteiger partial charge in [0.1, 0.15) is 0 Å². The molecular formula is C18H20N2O4. The van der Waals surface area contributed by atoms with Gasteiger partial charge in [0.25, 0.3) is 0 Å². The number of benzene rings is 2. The van der Waals surface area contributed by atoms with E-state index in [-0.39, 0.29) is 17.0 Å². The zero-order valence-electron chi connectivity index (χ0n) is 13.3. The molecule has 2 aromatic rings. The summed E-state index contributed by atoms with van der Waals surface area (Å²) in [5.74, 6) is -2.00. The number of rotatable bonds is 6. The van der Waals surface area contributed by atoms with E-state index in [4.69, 9.17) is 11.5 Å². The van der Waals surface area contributed by atoms with Crippen molar-refractivity contribution in [3.63, 3.8) is 0 Å². The second-order valence-electron chi connectivity index (χ2n) is 5.96. The molecule has 2 aromatic carbocycles. The van der Waals surface area contributed by atoms with Crippen LogP contribution in [0, 0.1) is 5.92 Å². The maximum atomic E-state index is 11.3. The normalized spacial score (nSPS) is 10.8. The lowest BCUT2D eigenvalue weighted by Gasteiger charge is -2.16. The third-order valence-corrected chi connectivity index (χ3v) is 3.86. The Hall–Kier alpha value is -3.02. The summed E-state index contributed by atoms with van der Waals surface area (Å²) in [6, 6.07) is 9.39. The summed E-state index contributed by atoms with van der Waals surface area (Å²) >= 11 is 0. The highest BCUT2D eigenvalue weighted by molar-refractivity contribution is 5.90. The maximum Gasteiger partial charge on any atom is 0.335 e. The largest absolute Gasteiger partial charge is 0.478 e. The highest BCUT2D eigenvalue weighted by Crippen LogP contribution is 2.23. The predicted octanol–water partition coefficient (Wildman–Crippen LogP) is 2.67. The van der Waals surface area contributed by atoms with Crippen molar-refractivity contribution in [1.82, 2.24) is 0 Å². The number of carboxylic acids is 2. The van der Waals surface area contributed by atoms with Gasteiger partial charge >= 0.3 is 11.9 Å². The summed E-state index contributed by atoms with van der Waals surface area (Å²) < 4.78 is 0. The molecular weight excluding hydrogens is 308 g/mol. The number of aromatic carboxylic acids is 2. The minimum absolute atomic E-state index is 0.0183. The fraction of sp³-hybridized carbons (Fsp3) is 0.222. The fourth-order valence-corrected chi connectivity index (χ4v) is 2.81.